The number of fused-ring (bicyclic) bond motifs is 1. The molecule has 40 heavy (non-hydrogen) atoms. The van der Waals surface area contributed by atoms with Crippen LogP contribution in [-0.2, 0) is 4.74 Å². The molecule has 0 radical (unpaired) electrons. The van der Waals surface area contributed by atoms with Crippen molar-refractivity contribution in [1.82, 2.24) is 9.97 Å². The fraction of sp³-hybridized carbons (Fsp3) is 0.323. The zero-order chi connectivity index (χ0) is 27.5. The molecule has 1 N–H and O–H groups in total. The number of aromatic nitrogens is 2. The Labute approximate surface area is 232 Å². The number of anilines is 3. The van der Waals surface area contributed by atoms with Crippen LogP contribution in [0.3, 0.4) is 0 Å². The number of nitrogens with one attached hydrogen (secondary N) is 1. The molecule has 0 saturated carbocycles. The number of hydrogen-bond acceptors (Lipinski definition) is 7. The molecule has 4 aromatic rings. The van der Waals surface area contributed by atoms with Crippen LogP contribution in [0, 0.1) is 11.7 Å². The van der Waals surface area contributed by atoms with E-state index < -0.39 is 5.82 Å². The van der Waals surface area contributed by atoms with Crippen molar-refractivity contribution in [1.29, 1.82) is 0 Å². The van der Waals surface area contributed by atoms with Gasteiger partial charge < -0.3 is 24.6 Å². The number of ether oxygens (including phenoxy) is 2. The summed E-state index contributed by atoms with van der Waals surface area (Å²) in [7, 11) is 0. The van der Waals surface area contributed by atoms with Crippen LogP contribution in [0.1, 0.15) is 30.1 Å². The van der Waals surface area contributed by atoms with Crippen LogP contribution in [0.5, 0.6) is 11.6 Å². The van der Waals surface area contributed by atoms with Gasteiger partial charge in [0, 0.05) is 66.2 Å². The van der Waals surface area contributed by atoms with Gasteiger partial charge in [-0.15, -0.1) is 0 Å². The number of halogens is 1. The molecule has 1 amide bonds. The van der Waals surface area contributed by atoms with E-state index in [0.29, 0.717) is 42.4 Å². The number of carbonyl (C=O) groups excluding carboxylic acids is 1. The largest absolute Gasteiger partial charge is 0.438 e. The molecule has 3 aromatic carbocycles. The van der Waals surface area contributed by atoms with Crippen molar-refractivity contribution in [3.8, 4) is 11.6 Å². The standard InChI is InChI=1S/C31H32FN5O3/c1-21-9-12-36(13-10-21)24-19-22(18-23(32)20-24)30(38)34-27-6-7-28(26-5-3-2-4-25(26)27)40-29-8-11-33-31(35-29)37-14-16-39-17-15-37/h2-8,11,18-21H,9-10,12-17H2,1H3,(H,34,38). The van der Waals surface area contributed by atoms with Crippen molar-refractivity contribution in [2.75, 3.05) is 54.5 Å². The van der Waals surface area contributed by atoms with Gasteiger partial charge in [-0.25, -0.2) is 9.37 Å². The summed E-state index contributed by atoms with van der Waals surface area (Å²) in [5.74, 6) is 1.51. The summed E-state index contributed by atoms with van der Waals surface area (Å²) < 4.78 is 26.2. The topological polar surface area (TPSA) is 79.8 Å². The first-order valence-electron chi connectivity index (χ1n) is 13.8. The molecule has 2 aliphatic heterocycles. The van der Waals surface area contributed by atoms with Crippen molar-refractivity contribution < 1.29 is 18.7 Å². The van der Waals surface area contributed by atoms with Crippen LogP contribution >= 0.6 is 0 Å². The fourth-order valence-electron chi connectivity index (χ4n) is 5.24. The summed E-state index contributed by atoms with van der Waals surface area (Å²) in [5, 5.41) is 4.60. The third-order valence-corrected chi connectivity index (χ3v) is 7.55. The van der Waals surface area contributed by atoms with Gasteiger partial charge in [0.15, 0.2) is 0 Å². The van der Waals surface area contributed by atoms with Crippen LogP contribution in [0.2, 0.25) is 0 Å². The van der Waals surface area contributed by atoms with Crippen LogP contribution in [-0.4, -0.2) is 55.3 Å². The average Bonchev–Trinajstić information content (AvgIpc) is 2.99. The Morgan fingerprint density at radius 1 is 0.975 bits per heavy atom. The van der Waals surface area contributed by atoms with Crippen LogP contribution in [0.25, 0.3) is 10.8 Å². The van der Waals surface area contributed by atoms with E-state index in [1.807, 2.05) is 24.3 Å². The summed E-state index contributed by atoms with van der Waals surface area (Å²) >= 11 is 0. The molecular weight excluding hydrogens is 509 g/mol. The van der Waals surface area contributed by atoms with Gasteiger partial charge in [0.05, 0.1) is 13.2 Å². The molecule has 8 nitrogen and oxygen atoms in total. The highest BCUT2D eigenvalue weighted by Crippen LogP contribution is 2.35. The number of nitrogens with zero attached hydrogens (tertiary/aromatic N) is 4. The Kier molecular flexibility index (Phi) is 7.46. The molecular formula is C31H32FN5O3. The molecule has 2 aliphatic rings. The highest BCUT2D eigenvalue weighted by Gasteiger charge is 2.20. The van der Waals surface area contributed by atoms with E-state index in [1.54, 1.807) is 30.5 Å². The van der Waals surface area contributed by atoms with Crippen molar-refractivity contribution in [2.24, 2.45) is 5.92 Å². The first-order chi connectivity index (χ1) is 19.5. The van der Waals surface area contributed by atoms with E-state index in [4.69, 9.17) is 9.47 Å². The van der Waals surface area contributed by atoms with Crippen molar-refractivity contribution in [2.45, 2.75) is 19.8 Å². The second-order valence-corrected chi connectivity index (χ2v) is 10.4. The maximum Gasteiger partial charge on any atom is 0.255 e. The average molecular weight is 542 g/mol. The van der Waals surface area contributed by atoms with Gasteiger partial charge in [-0.2, -0.15) is 4.98 Å². The predicted octanol–water partition coefficient (Wildman–Crippen LogP) is 5.89. The third kappa shape index (κ3) is 5.70. The molecule has 206 valence electrons. The van der Waals surface area contributed by atoms with E-state index in [9.17, 15) is 9.18 Å². The smallest absolute Gasteiger partial charge is 0.255 e. The molecule has 1 aromatic heterocycles. The Bertz CT molecular complexity index is 1520. The predicted molar refractivity (Wildman–Crippen MR) is 154 cm³/mol. The summed E-state index contributed by atoms with van der Waals surface area (Å²) in [4.78, 5) is 26.5. The van der Waals surface area contributed by atoms with Gasteiger partial charge in [-0.3, -0.25) is 4.79 Å². The van der Waals surface area contributed by atoms with Crippen molar-refractivity contribution in [3.63, 3.8) is 0 Å². The van der Waals surface area contributed by atoms with Gasteiger partial charge in [-0.05, 0) is 49.1 Å². The molecule has 3 heterocycles. The molecule has 0 unspecified atom stereocenters. The Balaban J connectivity index is 1.23. The van der Waals surface area contributed by atoms with E-state index in [1.165, 1.54) is 12.1 Å². The van der Waals surface area contributed by atoms with Gasteiger partial charge in [0.2, 0.25) is 11.8 Å². The number of piperidine rings is 1. The molecule has 2 fully saturated rings. The Hall–Kier alpha value is -4.24. The minimum Gasteiger partial charge on any atom is -0.438 e. The minimum atomic E-state index is -0.420. The van der Waals surface area contributed by atoms with Crippen LogP contribution in [0.15, 0.2) is 66.9 Å². The number of morpholine rings is 1. The second-order valence-electron chi connectivity index (χ2n) is 10.4. The van der Waals surface area contributed by atoms with E-state index in [0.717, 1.165) is 55.5 Å². The number of rotatable bonds is 6. The summed E-state index contributed by atoms with van der Waals surface area (Å²) in [5.41, 5.74) is 1.64. The monoisotopic (exact) mass is 541 g/mol. The zero-order valence-electron chi connectivity index (χ0n) is 22.5. The molecule has 0 spiro atoms. The van der Waals surface area contributed by atoms with Gasteiger partial charge >= 0.3 is 0 Å². The highest BCUT2D eigenvalue weighted by atomic mass is 19.1. The Morgan fingerprint density at radius 3 is 2.55 bits per heavy atom. The first kappa shape index (κ1) is 26.0. The lowest BCUT2D eigenvalue weighted by atomic mass is 9.98. The van der Waals surface area contributed by atoms with E-state index >= 15 is 0 Å². The SMILES string of the molecule is CC1CCN(c2cc(F)cc(C(=O)Nc3ccc(Oc4ccnc(N5CCOCC5)n4)c4ccccc34)c2)CC1. The lowest BCUT2D eigenvalue weighted by Crippen LogP contribution is -2.37. The maximum atomic E-state index is 14.6. The quantitative estimate of drug-likeness (QED) is 0.326. The molecule has 9 heteroatoms. The van der Waals surface area contributed by atoms with E-state index in [2.05, 4.69) is 32.0 Å². The third-order valence-electron chi connectivity index (χ3n) is 7.55. The number of benzene rings is 3. The molecule has 0 aliphatic carbocycles. The number of hydrogen-bond donors (Lipinski definition) is 1. The molecule has 6 rings (SSSR count). The van der Waals surface area contributed by atoms with Crippen LogP contribution in [0.4, 0.5) is 21.7 Å². The highest BCUT2D eigenvalue weighted by molar-refractivity contribution is 6.10. The summed E-state index contributed by atoms with van der Waals surface area (Å²) in [6.45, 7) is 6.69. The van der Waals surface area contributed by atoms with E-state index in [-0.39, 0.29) is 11.5 Å². The maximum absolute atomic E-state index is 14.6. The summed E-state index contributed by atoms with van der Waals surface area (Å²) in [6, 6.07) is 17.6. The van der Waals surface area contributed by atoms with Gasteiger partial charge in [-0.1, -0.05) is 31.2 Å². The molecule has 2 saturated heterocycles. The van der Waals surface area contributed by atoms with Gasteiger partial charge in [0.1, 0.15) is 11.6 Å². The summed E-state index contributed by atoms with van der Waals surface area (Å²) in [6.07, 6.45) is 3.80. The number of amides is 1. The fourth-order valence-corrected chi connectivity index (χ4v) is 5.24. The van der Waals surface area contributed by atoms with Crippen molar-refractivity contribution in [3.05, 3.63) is 78.2 Å². The normalized spacial score (nSPS) is 16.2. The minimum absolute atomic E-state index is 0.287. The zero-order valence-corrected chi connectivity index (χ0v) is 22.5. The van der Waals surface area contributed by atoms with Crippen LogP contribution < -0.4 is 19.9 Å². The Morgan fingerprint density at radius 2 is 1.75 bits per heavy atom. The molecule has 0 atom stereocenters. The van der Waals surface area contributed by atoms with Crippen molar-refractivity contribution >= 4 is 34.0 Å². The molecule has 0 bridgehead atoms. The number of carbonyl (C=O) groups is 1. The lowest BCUT2D eigenvalue weighted by molar-refractivity contribution is 0.102. The lowest BCUT2D eigenvalue weighted by Gasteiger charge is -2.32. The second kappa shape index (κ2) is 11.5. The first-order valence-corrected chi connectivity index (χ1v) is 13.8. The van der Waals surface area contributed by atoms with Gasteiger partial charge in [0.25, 0.3) is 5.91 Å².